The third-order valence-electron chi connectivity index (χ3n) is 16.2. The highest BCUT2D eigenvalue weighted by Gasteiger charge is 2.30. The third-order valence-corrected chi connectivity index (χ3v) is 18.1. The second kappa shape index (κ2) is 62.2. The summed E-state index contributed by atoms with van der Waals surface area (Å²) in [7, 11) is -9.89. The number of aliphatic hydroxyl groups excluding tert-OH is 1. The molecule has 0 saturated carbocycles. The summed E-state index contributed by atoms with van der Waals surface area (Å²) >= 11 is 0. The molecule has 0 aromatic rings. The van der Waals surface area contributed by atoms with Crippen LogP contribution in [0, 0.1) is 11.8 Å². The molecule has 0 aliphatic rings. The van der Waals surface area contributed by atoms with Gasteiger partial charge in [-0.3, -0.25) is 37.3 Å². The van der Waals surface area contributed by atoms with Crippen molar-refractivity contribution < 1.29 is 80.2 Å². The summed E-state index contributed by atoms with van der Waals surface area (Å²) in [5.74, 6) is -0.647. The highest BCUT2D eigenvalue weighted by atomic mass is 31.2. The van der Waals surface area contributed by atoms with Crippen LogP contribution >= 0.6 is 15.6 Å². The van der Waals surface area contributed by atoms with Gasteiger partial charge in [0.25, 0.3) is 0 Å². The second-order valence-electron chi connectivity index (χ2n) is 26.2. The van der Waals surface area contributed by atoms with Gasteiger partial charge in [-0.15, -0.1) is 0 Å². The predicted octanol–water partition coefficient (Wildman–Crippen LogP) is 20.0. The Morgan fingerprint density at radius 3 is 0.764 bits per heavy atom. The van der Waals surface area contributed by atoms with Gasteiger partial charge in [-0.1, -0.05) is 305 Å². The van der Waals surface area contributed by atoms with Gasteiger partial charge in [-0.05, 0) is 37.5 Å². The molecule has 19 heteroatoms. The maximum absolute atomic E-state index is 13.0. The standard InChI is InChI=1S/C70H136O17P2/c1-7-9-11-13-14-15-16-17-18-19-20-21-22-23-26-30-36-42-48-54-69(74)87-66(59-81-68(73)53-47-41-35-29-27-24-25-28-33-39-44-50-62(3)4)61-85-89(78,79)83-57-64(71)56-82-88(76,77)84-60-65(58-80-67(72)52-46-38-12-10-8-2)86-70(75)55-49-43-37-32-31-34-40-45-51-63(5)6/h62-66,71H,7-61H2,1-6H3,(H,76,77)(H,78,79)/t64-,65+,66+/m0/s1. The van der Waals surface area contributed by atoms with Crippen molar-refractivity contribution >= 4 is 39.5 Å². The Bertz CT molecular complexity index is 1730. The summed E-state index contributed by atoms with van der Waals surface area (Å²) in [6.45, 7) is 9.42. The number of unbranched alkanes of at least 4 members (excludes halogenated alkanes) is 39. The van der Waals surface area contributed by atoms with E-state index in [2.05, 4.69) is 41.5 Å². The van der Waals surface area contributed by atoms with E-state index in [0.29, 0.717) is 25.7 Å². The van der Waals surface area contributed by atoms with Crippen LogP contribution in [-0.4, -0.2) is 96.7 Å². The molecule has 0 bridgehead atoms. The molecular weight excluding hydrogens is 1170 g/mol. The van der Waals surface area contributed by atoms with Crippen molar-refractivity contribution in [1.29, 1.82) is 0 Å². The largest absolute Gasteiger partial charge is 0.472 e. The molecule has 528 valence electrons. The smallest absolute Gasteiger partial charge is 0.462 e. The van der Waals surface area contributed by atoms with Crippen molar-refractivity contribution in [3.05, 3.63) is 0 Å². The van der Waals surface area contributed by atoms with Crippen LogP contribution in [0.1, 0.15) is 356 Å². The van der Waals surface area contributed by atoms with Crippen LogP contribution in [0.4, 0.5) is 0 Å². The highest BCUT2D eigenvalue weighted by molar-refractivity contribution is 7.47. The van der Waals surface area contributed by atoms with Crippen LogP contribution in [0.2, 0.25) is 0 Å². The molecule has 0 aromatic heterocycles. The predicted molar refractivity (Wildman–Crippen MR) is 358 cm³/mol. The van der Waals surface area contributed by atoms with Gasteiger partial charge in [0, 0.05) is 25.7 Å². The number of carbonyl (C=O) groups excluding carboxylic acids is 4. The molecule has 0 aliphatic carbocycles. The molecule has 0 fully saturated rings. The molecule has 0 rings (SSSR count). The number of esters is 4. The first-order valence-electron chi connectivity index (χ1n) is 36.5. The van der Waals surface area contributed by atoms with Crippen molar-refractivity contribution in [3.8, 4) is 0 Å². The maximum Gasteiger partial charge on any atom is 0.472 e. The highest BCUT2D eigenvalue weighted by Crippen LogP contribution is 2.45. The number of carbonyl (C=O) groups is 4. The molecule has 0 aliphatic heterocycles. The quantitative estimate of drug-likeness (QED) is 0.0222. The lowest BCUT2D eigenvalue weighted by molar-refractivity contribution is -0.161. The zero-order valence-corrected chi connectivity index (χ0v) is 59.5. The monoisotopic (exact) mass is 1310 g/mol. The number of phosphoric ester groups is 2. The Morgan fingerprint density at radius 2 is 0.517 bits per heavy atom. The normalized spacial score (nSPS) is 14.1. The van der Waals surface area contributed by atoms with Crippen molar-refractivity contribution in [3.63, 3.8) is 0 Å². The van der Waals surface area contributed by atoms with Gasteiger partial charge in [0.15, 0.2) is 12.2 Å². The van der Waals surface area contributed by atoms with E-state index >= 15 is 0 Å². The Kier molecular flexibility index (Phi) is 60.8. The van der Waals surface area contributed by atoms with Crippen LogP contribution < -0.4 is 0 Å². The molecule has 0 aromatic carbocycles. The average molecular weight is 1310 g/mol. The average Bonchev–Trinajstić information content (AvgIpc) is 3.71. The number of hydrogen-bond acceptors (Lipinski definition) is 15. The first-order valence-corrected chi connectivity index (χ1v) is 39.5. The SMILES string of the molecule is CCCCCCCCCCCCCCCCCCCCCC(=O)O[C@H](COC(=O)CCCCCCCCCCCCCC(C)C)COP(=O)(O)OC[C@@H](O)COP(=O)(O)OC[C@@H](COC(=O)CCCCCCC)OC(=O)CCCCCCCCCCC(C)C. The van der Waals surface area contributed by atoms with Crippen molar-refractivity contribution in [1.82, 2.24) is 0 Å². The summed E-state index contributed by atoms with van der Waals surface area (Å²) in [5, 5.41) is 10.6. The number of phosphoric acid groups is 2. The van der Waals surface area contributed by atoms with Crippen molar-refractivity contribution in [2.75, 3.05) is 39.6 Å². The molecule has 5 atom stereocenters. The van der Waals surface area contributed by atoms with Crippen molar-refractivity contribution in [2.24, 2.45) is 11.8 Å². The minimum atomic E-state index is -4.95. The number of aliphatic hydroxyl groups is 1. The lowest BCUT2D eigenvalue weighted by atomic mass is 10.0. The van der Waals surface area contributed by atoms with Crippen LogP contribution in [0.5, 0.6) is 0 Å². The van der Waals surface area contributed by atoms with Gasteiger partial charge < -0.3 is 33.8 Å². The van der Waals surface area contributed by atoms with Crippen LogP contribution in [0.25, 0.3) is 0 Å². The topological polar surface area (TPSA) is 237 Å². The third kappa shape index (κ3) is 64.6. The summed E-state index contributed by atoms with van der Waals surface area (Å²) < 4.78 is 68.1. The Labute approximate surface area is 543 Å². The van der Waals surface area contributed by atoms with Gasteiger partial charge in [0.05, 0.1) is 26.4 Å². The van der Waals surface area contributed by atoms with E-state index in [0.717, 1.165) is 108 Å². The maximum atomic E-state index is 13.0. The van der Waals surface area contributed by atoms with E-state index in [9.17, 15) is 43.2 Å². The van der Waals surface area contributed by atoms with E-state index < -0.39 is 97.5 Å². The van der Waals surface area contributed by atoms with Gasteiger partial charge in [-0.25, -0.2) is 9.13 Å². The summed E-state index contributed by atoms with van der Waals surface area (Å²) in [5.41, 5.74) is 0. The van der Waals surface area contributed by atoms with Gasteiger partial charge >= 0.3 is 39.5 Å². The first kappa shape index (κ1) is 87.1. The van der Waals surface area contributed by atoms with Crippen molar-refractivity contribution in [2.45, 2.75) is 374 Å². The van der Waals surface area contributed by atoms with E-state index in [-0.39, 0.29) is 25.7 Å². The fourth-order valence-corrected chi connectivity index (χ4v) is 12.2. The van der Waals surface area contributed by atoms with Crippen LogP contribution in [0.15, 0.2) is 0 Å². The zero-order chi connectivity index (χ0) is 65.7. The Hall–Kier alpha value is -1.94. The van der Waals surface area contributed by atoms with Gasteiger partial charge in [0.1, 0.15) is 19.3 Å². The van der Waals surface area contributed by atoms with Gasteiger partial charge in [-0.2, -0.15) is 0 Å². The van der Waals surface area contributed by atoms with E-state index in [1.165, 1.54) is 167 Å². The fraction of sp³-hybridized carbons (Fsp3) is 0.943. The molecule has 0 amide bonds. The minimum Gasteiger partial charge on any atom is -0.462 e. The fourth-order valence-electron chi connectivity index (χ4n) is 10.6. The number of ether oxygens (including phenoxy) is 4. The van der Waals surface area contributed by atoms with Crippen LogP contribution in [0.3, 0.4) is 0 Å². The van der Waals surface area contributed by atoms with E-state index in [1.54, 1.807) is 0 Å². The summed E-state index contributed by atoms with van der Waals surface area (Å²) in [6.07, 6.45) is 47.7. The molecular formula is C70H136O17P2. The molecule has 2 unspecified atom stereocenters. The molecule has 0 saturated heterocycles. The summed E-state index contributed by atoms with van der Waals surface area (Å²) in [4.78, 5) is 72.2. The molecule has 0 spiro atoms. The Balaban J connectivity index is 5.14. The molecule has 3 N–H and O–H groups in total. The minimum absolute atomic E-state index is 0.104. The zero-order valence-electron chi connectivity index (χ0n) is 57.7. The van der Waals surface area contributed by atoms with Crippen LogP contribution in [-0.2, 0) is 65.4 Å². The van der Waals surface area contributed by atoms with Gasteiger partial charge in [0.2, 0.25) is 0 Å². The summed E-state index contributed by atoms with van der Waals surface area (Å²) in [6, 6.07) is 0. The second-order valence-corrected chi connectivity index (χ2v) is 29.1. The number of hydrogen-bond donors (Lipinski definition) is 3. The molecule has 17 nitrogen and oxygen atoms in total. The number of rotatable bonds is 69. The Morgan fingerprint density at radius 1 is 0.303 bits per heavy atom. The lowest BCUT2D eigenvalue weighted by Crippen LogP contribution is -2.30. The lowest BCUT2D eigenvalue weighted by Gasteiger charge is -2.21. The molecule has 0 heterocycles. The van der Waals surface area contributed by atoms with E-state index in [4.69, 9.17) is 37.0 Å². The first-order chi connectivity index (χ1) is 42.9. The molecule has 0 radical (unpaired) electrons. The van der Waals surface area contributed by atoms with E-state index in [1.807, 2.05) is 0 Å². The molecule has 89 heavy (non-hydrogen) atoms.